The Balaban J connectivity index is 2.30. The zero-order valence-corrected chi connectivity index (χ0v) is 8.78. The number of aryl methyl sites for hydroxylation is 1. The van der Waals surface area contributed by atoms with Gasteiger partial charge in [0.1, 0.15) is 5.69 Å². The van der Waals surface area contributed by atoms with Crippen LogP contribution in [0, 0.1) is 6.92 Å². The Morgan fingerprint density at radius 1 is 1.19 bits per heavy atom. The second-order valence-electron chi connectivity index (χ2n) is 3.62. The molecule has 0 bridgehead atoms. The van der Waals surface area contributed by atoms with Crippen LogP contribution in [0.5, 0.6) is 0 Å². The van der Waals surface area contributed by atoms with Gasteiger partial charge in [-0.1, -0.05) is 29.8 Å². The lowest BCUT2D eigenvalue weighted by molar-refractivity contribution is 0.828. The summed E-state index contributed by atoms with van der Waals surface area (Å²) in [6, 6.07) is 7.80. The molecule has 2 N–H and O–H groups in total. The van der Waals surface area contributed by atoms with Crippen molar-refractivity contribution in [3.8, 4) is 0 Å². The van der Waals surface area contributed by atoms with E-state index in [1.54, 1.807) is 0 Å². The summed E-state index contributed by atoms with van der Waals surface area (Å²) < 4.78 is 0. The Labute approximate surface area is 91.2 Å². The molecule has 0 unspecified atom stereocenters. The van der Waals surface area contributed by atoms with Crippen LogP contribution < -0.4 is 11.2 Å². The SMILES string of the molecule is Cc1ccc(Cc2n[nH]c(=O)[nH]c2=O)cc1. The van der Waals surface area contributed by atoms with Crippen LogP contribution in [0.15, 0.2) is 33.9 Å². The van der Waals surface area contributed by atoms with E-state index in [-0.39, 0.29) is 0 Å². The molecule has 0 radical (unpaired) electrons. The van der Waals surface area contributed by atoms with Crippen LogP contribution in [-0.2, 0) is 6.42 Å². The largest absolute Gasteiger partial charge is 0.342 e. The van der Waals surface area contributed by atoms with E-state index in [1.165, 1.54) is 0 Å². The van der Waals surface area contributed by atoms with E-state index in [0.717, 1.165) is 11.1 Å². The summed E-state index contributed by atoms with van der Waals surface area (Å²) in [6.45, 7) is 1.99. The third-order valence-corrected chi connectivity index (χ3v) is 2.27. The fourth-order valence-corrected chi connectivity index (χ4v) is 1.39. The molecule has 2 aromatic rings. The van der Waals surface area contributed by atoms with E-state index in [9.17, 15) is 9.59 Å². The van der Waals surface area contributed by atoms with Crippen LogP contribution in [0.25, 0.3) is 0 Å². The lowest BCUT2D eigenvalue weighted by atomic mass is 10.1. The van der Waals surface area contributed by atoms with Crippen LogP contribution in [0.2, 0.25) is 0 Å². The molecule has 0 spiro atoms. The van der Waals surface area contributed by atoms with Crippen LogP contribution in [-0.4, -0.2) is 15.2 Å². The molecular formula is C11H11N3O2. The predicted molar refractivity (Wildman–Crippen MR) is 59.5 cm³/mol. The summed E-state index contributed by atoms with van der Waals surface area (Å²) in [5, 5.41) is 5.93. The maximum Gasteiger partial charge on any atom is 0.342 e. The van der Waals surface area contributed by atoms with Gasteiger partial charge in [0.05, 0.1) is 0 Å². The highest BCUT2D eigenvalue weighted by Crippen LogP contribution is 2.05. The van der Waals surface area contributed by atoms with Gasteiger partial charge >= 0.3 is 5.69 Å². The maximum atomic E-state index is 11.4. The molecule has 0 saturated carbocycles. The molecule has 5 nitrogen and oxygen atoms in total. The maximum absolute atomic E-state index is 11.4. The number of nitrogens with zero attached hydrogens (tertiary/aromatic N) is 1. The molecule has 1 heterocycles. The van der Waals surface area contributed by atoms with Crippen molar-refractivity contribution in [3.05, 3.63) is 61.9 Å². The first-order valence-corrected chi connectivity index (χ1v) is 4.88. The number of benzene rings is 1. The van der Waals surface area contributed by atoms with Crippen molar-refractivity contribution in [2.75, 3.05) is 0 Å². The first kappa shape index (κ1) is 10.4. The van der Waals surface area contributed by atoms with Crippen molar-refractivity contribution in [3.63, 3.8) is 0 Å². The number of aromatic nitrogens is 3. The van der Waals surface area contributed by atoms with Gasteiger partial charge in [-0.2, -0.15) is 5.10 Å². The van der Waals surface area contributed by atoms with Crippen molar-refractivity contribution in [1.29, 1.82) is 0 Å². The van der Waals surface area contributed by atoms with Crippen LogP contribution in [0.1, 0.15) is 16.8 Å². The molecule has 0 aliphatic carbocycles. The number of nitrogens with one attached hydrogen (secondary N) is 2. The fourth-order valence-electron chi connectivity index (χ4n) is 1.39. The van der Waals surface area contributed by atoms with E-state index < -0.39 is 11.2 Å². The molecule has 0 aliphatic rings. The Bertz CT molecular complexity index is 596. The smallest absolute Gasteiger partial charge is 0.271 e. The van der Waals surface area contributed by atoms with Gasteiger partial charge in [-0.3, -0.25) is 9.78 Å². The highest BCUT2D eigenvalue weighted by Gasteiger charge is 2.03. The zero-order valence-electron chi connectivity index (χ0n) is 8.78. The molecule has 0 amide bonds. The standard InChI is InChI=1S/C11H11N3O2/c1-7-2-4-8(5-3-7)6-9-10(15)12-11(16)14-13-9/h2-5H,6H2,1H3,(H2,12,14,15,16). The number of H-pyrrole nitrogens is 2. The first-order valence-electron chi connectivity index (χ1n) is 4.88. The molecule has 16 heavy (non-hydrogen) atoms. The molecule has 2 rings (SSSR count). The minimum absolute atomic E-state index is 0.309. The number of hydrogen-bond donors (Lipinski definition) is 2. The quantitative estimate of drug-likeness (QED) is 0.762. The van der Waals surface area contributed by atoms with Crippen molar-refractivity contribution < 1.29 is 0 Å². The van der Waals surface area contributed by atoms with E-state index in [2.05, 4.69) is 15.2 Å². The van der Waals surface area contributed by atoms with Gasteiger partial charge in [0, 0.05) is 6.42 Å². The highest BCUT2D eigenvalue weighted by molar-refractivity contribution is 5.24. The molecule has 1 aromatic heterocycles. The molecule has 0 atom stereocenters. The third kappa shape index (κ3) is 2.25. The van der Waals surface area contributed by atoms with Gasteiger partial charge in [0.15, 0.2) is 0 Å². The lowest BCUT2D eigenvalue weighted by Gasteiger charge is -1.99. The summed E-state index contributed by atoms with van der Waals surface area (Å²) in [5.41, 5.74) is 1.42. The lowest BCUT2D eigenvalue weighted by Crippen LogP contribution is -2.27. The van der Waals surface area contributed by atoms with Gasteiger partial charge in [-0.15, -0.1) is 0 Å². The molecule has 1 aromatic carbocycles. The topological polar surface area (TPSA) is 78.6 Å². The molecule has 5 heteroatoms. The summed E-state index contributed by atoms with van der Waals surface area (Å²) in [6.07, 6.45) is 0.409. The normalized spacial score (nSPS) is 10.3. The Hall–Kier alpha value is -2.17. The average molecular weight is 217 g/mol. The predicted octanol–water partition coefficient (Wildman–Crippen LogP) is 0.357. The summed E-state index contributed by atoms with van der Waals surface area (Å²) in [5.74, 6) is 0. The van der Waals surface area contributed by atoms with Crippen molar-refractivity contribution >= 4 is 0 Å². The van der Waals surface area contributed by atoms with Crippen molar-refractivity contribution in [1.82, 2.24) is 15.2 Å². The van der Waals surface area contributed by atoms with Gasteiger partial charge < -0.3 is 0 Å². The van der Waals surface area contributed by atoms with E-state index in [1.807, 2.05) is 31.2 Å². The molecule has 0 aliphatic heterocycles. The zero-order chi connectivity index (χ0) is 11.5. The third-order valence-electron chi connectivity index (χ3n) is 2.27. The van der Waals surface area contributed by atoms with Gasteiger partial charge in [-0.25, -0.2) is 9.89 Å². The fraction of sp³-hybridized carbons (Fsp3) is 0.182. The summed E-state index contributed by atoms with van der Waals surface area (Å²) in [7, 11) is 0. The second kappa shape index (κ2) is 4.14. The monoisotopic (exact) mass is 217 g/mol. The molecule has 0 saturated heterocycles. The van der Waals surface area contributed by atoms with Crippen molar-refractivity contribution in [2.45, 2.75) is 13.3 Å². The Kier molecular flexibility index (Phi) is 2.68. The molecule has 0 fully saturated rings. The van der Waals surface area contributed by atoms with Gasteiger partial charge in [-0.05, 0) is 12.5 Å². The van der Waals surface area contributed by atoms with Gasteiger partial charge in [0.2, 0.25) is 0 Å². The number of aromatic amines is 2. The van der Waals surface area contributed by atoms with E-state index in [0.29, 0.717) is 12.1 Å². The Morgan fingerprint density at radius 3 is 2.50 bits per heavy atom. The minimum Gasteiger partial charge on any atom is -0.271 e. The Morgan fingerprint density at radius 2 is 1.88 bits per heavy atom. The van der Waals surface area contributed by atoms with Crippen molar-refractivity contribution in [2.24, 2.45) is 0 Å². The van der Waals surface area contributed by atoms with Crippen LogP contribution in [0.4, 0.5) is 0 Å². The number of hydrogen-bond acceptors (Lipinski definition) is 3. The molecular weight excluding hydrogens is 206 g/mol. The summed E-state index contributed by atoms with van der Waals surface area (Å²) >= 11 is 0. The minimum atomic E-state index is -0.586. The second-order valence-corrected chi connectivity index (χ2v) is 3.62. The highest BCUT2D eigenvalue weighted by atomic mass is 16.2. The summed E-state index contributed by atoms with van der Waals surface area (Å²) in [4.78, 5) is 24.3. The number of rotatable bonds is 2. The average Bonchev–Trinajstić information content (AvgIpc) is 2.25. The van der Waals surface area contributed by atoms with E-state index >= 15 is 0 Å². The van der Waals surface area contributed by atoms with Gasteiger partial charge in [0.25, 0.3) is 5.56 Å². The van der Waals surface area contributed by atoms with Crippen LogP contribution in [0.3, 0.4) is 0 Å². The first-order chi connectivity index (χ1) is 7.65. The van der Waals surface area contributed by atoms with E-state index in [4.69, 9.17) is 0 Å². The van der Waals surface area contributed by atoms with Crippen LogP contribution >= 0.6 is 0 Å². The molecule has 82 valence electrons.